The molecule has 0 atom stereocenters. The minimum atomic E-state index is -1.10. The van der Waals surface area contributed by atoms with Gasteiger partial charge in [-0.15, -0.1) is 0 Å². The van der Waals surface area contributed by atoms with E-state index in [9.17, 15) is 13.6 Å². The molecule has 1 heterocycles. The minimum Gasteiger partial charge on any atom is -0.494 e. The quantitative estimate of drug-likeness (QED) is 0.473. The molecule has 2 N–H and O–H groups in total. The molecule has 3 aromatic rings. The van der Waals surface area contributed by atoms with Crippen LogP contribution in [0.4, 0.5) is 14.5 Å². The molecule has 0 aliphatic rings. The van der Waals surface area contributed by atoms with Crippen LogP contribution in [0.25, 0.3) is 0 Å². The summed E-state index contributed by atoms with van der Waals surface area (Å²) in [6, 6.07) is 15.4. The average molecular weight is 410 g/mol. The molecule has 0 saturated carbocycles. The summed E-state index contributed by atoms with van der Waals surface area (Å²) in [5, 5.41) is 5.60. The number of aliphatic imine (C=N–C) groups is 1. The molecule has 0 unspecified atom stereocenters. The van der Waals surface area contributed by atoms with E-state index in [1.807, 2.05) is 13.0 Å². The number of nitrogens with one attached hydrogen (secondary N) is 2. The Hall–Kier alpha value is -3.81. The van der Waals surface area contributed by atoms with E-state index < -0.39 is 17.5 Å². The molecular weight excluding hydrogens is 390 g/mol. The molecule has 1 amide bonds. The zero-order valence-corrected chi connectivity index (χ0v) is 16.2. The molecule has 2 aromatic carbocycles. The van der Waals surface area contributed by atoms with Crippen LogP contribution in [-0.4, -0.2) is 23.5 Å². The topological polar surface area (TPSA) is 75.6 Å². The molecule has 154 valence electrons. The van der Waals surface area contributed by atoms with Crippen LogP contribution in [0.1, 0.15) is 23.0 Å². The fourth-order valence-electron chi connectivity index (χ4n) is 2.52. The highest BCUT2D eigenvalue weighted by Gasteiger charge is 2.12. The monoisotopic (exact) mass is 410 g/mol. The fraction of sp³-hybridized carbons (Fsp3) is 0.136. The van der Waals surface area contributed by atoms with Crippen LogP contribution in [0, 0.1) is 11.6 Å². The van der Waals surface area contributed by atoms with E-state index in [4.69, 9.17) is 4.74 Å². The van der Waals surface area contributed by atoms with Crippen molar-refractivity contribution in [3.05, 3.63) is 89.8 Å². The lowest BCUT2D eigenvalue weighted by molar-refractivity contribution is 0.0976. The smallest absolute Gasteiger partial charge is 0.258 e. The molecule has 0 bridgehead atoms. The van der Waals surface area contributed by atoms with Gasteiger partial charge in [-0.3, -0.25) is 15.1 Å². The van der Waals surface area contributed by atoms with Crippen molar-refractivity contribution in [2.45, 2.75) is 13.5 Å². The number of aromatic nitrogens is 1. The number of nitrogens with zero attached hydrogens (tertiary/aromatic N) is 2. The number of carbonyl (C=O) groups excluding carboxylic acids is 1. The number of benzene rings is 2. The average Bonchev–Trinajstić information content (AvgIpc) is 2.76. The molecule has 0 aliphatic carbocycles. The number of amides is 1. The van der Waals surface area contributed by atoms with Crippen molar-refractivity contribution in [3.8, 4) is 5.75 Å². The van der Waals surface area contributed by atoms with Crippen molar-refractivity contribution in [2.24, 2.45) is 4.99 Å². The maximum atomic E-state index is 13.5. The van der Waals surface area contributed by atoms with E-state index in [2.05, 4.69) is 20.6 Å². The van der Waals surface area contributed by atoms with E-state index in [-0.39, 0.29) is 18.1 Å². The number of pyridine rings is 1. The molecule has 0 aliphatic heterocycles. The molecule has 0 radical (unpaired) electrons. The Morgan fingerprint density at radius 3 is 2.53 bits per heavy atom. The van der Waals surface area contributed by atoms with Gasteiger partial charge >= 0.3 is 0 Å². The Kier molecular flexibility index (Phi) is 7.05. The third-order valence-electron chi connectivity index (χ3n) is 3.97. The number of ether oxygens (including phenoxy) is 1. The van der Waals surface area contributed by atoms with Gasteiger partial charge in [-0.2, -0.15) is 0 Å². The third kappa shape index (κ3) is 5.84. The van der Waals surface area contributed by atoms with Crippen molar-refractivity contribution in [2.75, 3.05) is 11.9 Å². The van der Waals surface area contributed by atoms with Gasteiger partial charge in [0.2, 0.25) is 5.96 Å². The summed E-state index contributed by atoms with van der Waals surface area (Å²) in [4.78, 5) is 21.1. The summed E-state index contributed by atoms with van der Waals surface area (Å²) >= 11 is 0. The second-order valence-electron chi connectivity index (χ2n) is 6.15. The van der Waals surface area contributed by atoms with Gasteiger partial charge in [0, 0.05) is 17.4 Å². The lowest BCUT2D eigenvalue weighted by Crippen LogP contribution is -2.36. The number of halogens is 2. The molecule has 0 saturated heterocycles. The van der Waals surface area contributed by atoms with Crippen LogP contribution in [0.15, 0.2) is 71.9 Å². The van der Waals surface area contributed by atoms with Crippen LogP contribution >= 0.6 is 0 Å². The standard InChI is InChI=1S/C22H20F2N4O2/c1-2-30-18-9-7-16(8-10-18)27-22(26-14-17-5-3-4-12-25-17)28-21(29)15-6-11-19(23)20(24)13-15/h3-13H,2,14H2,1H3,(H2,26,27,28,29). The lowest BCUT2D eigenvalue weighted by Gasteiger charge is -2.13. The van der Waals surface area contributed by atoms with Gasteiger partial charge in [-0.25, -0.2) is 13.8 Å². The SMILES string of the molecule is CCOc1ccc(NC(=NCc2ccccn2)NC(=O)c2ccc(F)c(F)c2)cc1. The van der Waals surface area contributed by atoms with Gasteiger partial charge in [0.05, 0.1) is 18.8 Å². The molecule has 6 nitrogen and oxygen atoms in total. The Balaban J connectivity index is 1.79. The molecule has 8 heteroatoms. The van der Waals surface area contributed by atoms with Gasteiger partial charge in [-0.05, 0) is 61.5 Å². The zero-order valence-electron chi connectivity index (χ0n) is 16.2. The Morgan fingerprint density at radius 1 is 1.07 bits per heavy atom. The highest BCUT2D eigenvalue weighted by molar-refractivity contribution is 6.09. The van der Waals surface area contributed by atoms with Crippen LogP contribution < -0.4 is 15.4 Å². The predicted octanol–water partition coefficient (Wildman–Crippen LogP) is 4.16. The molecule has 30 heavy (non-hydrogen) atoms. The summed E-state index contributed by atoms with van der Waals surface area (Å²) in [7, 11) is 0. The maximum absolute atomic E-state index is 13.5. The number of hydrogen-bond donors (Lipinski definition) is 2. The number of carbonyl (C=O) groups is 1. The van der Waals surface area contributed by atoms with E-state index in [0.29, 0.717) is 23.7 Å². The van der Waals surface area contributed by atoms with Gasteiger partial charge in [0.1, 0.15) is 5.75 Å². The minimum absolute atomic E-state index is 0.0343. The molecular formula is C22H20F2N4O2. The van der Waals surface area contributed by atoms with Crippen molar-refractivity contribution in [1.82, 2.24) is 10.3 Å². The summed E-state index contributed by atoms with van der Waals surface area (Å²) in [6.07, 6.45) is 1.64. The first-order chi connectivity index (χ1) is 14.5. The van der Waals surface area contributed by atoms with E-state index in [1.54, 1.807) is 42.6 Å². The molecule has 0 fully saturated rings. The van der Waals surface area contributed by atoms with Crippen molar-refractivity contribution >= 4 is 17.6 Å². The van der Waals surface area contributed by atoms with Gasteiger partial charge < -0.3 is 10.1 Å². The van der Waals surface area contributed by atoms with Crippen molar-refractivity contribution < 1.29 is 18.3 Å². The number of anilines is 1. The third-order valence-corrected chi connectivity index (χ3v) is 3.97. The van der Waals surface area contributed by atoms with Gasteiger partial charge in [0.15, 0.2) is 11.6 Å². The molecule has 3 rings (SSSR count). The number of guanidine groups is 1. The highest BCUT2D eigenvalue weighted by Crippen LogP contribution is 2.16. The number of hydrogen-bond acceptors (Lipinski definition) is 4. The second kappa shape index (κ2) is 10.1. The first-order valence-corrected chi connectivity index (χ1v) is 9.26. The van der Waals surface area contributed by atoms with Gasteiger partial charge in [-0.1, -0.05) is 6.07 Å². The predicted molar refractivity (Wildman–Crippen MR) is 110 cm³/mol. The fourth-order valence-corrected chi connectivity index (χ4v) is 2.52. The lowest BCUT2D eigenvalue weighted by atomic mass is 10.2. The van der Waals surface area contributed by atoms with E-state index >= 15 is 0 Å². The second-order valence-corrected chi connectivity index (χ2v) is 6.15. The summed E-state index contributed by atoms with van der Waals surface area (Å²) in [6.45, 7) is 2.65. The van der Waals surface area contributed by atoms with Crippen molar-refractivity contribution in [1.29, 1.82) is 0 Å². The summed E-state index contributed by atoms with van der Waals surface area (Å²) in [5.74, 6) is -1.91. The van der Waals surface area contributed by atoms with Crippen molar-refractivity contribution in [3.63, 3.8) is 0 Å². The Bertz CT molecular complexity index is 1030. The first-order valence-electron chi connectivity index (χ1n) is 9.26. The van der Waals surface area contributed by atoms with E-state index in [0.717, 1.165) is 12.1 Å². The zero-order chi connectivity index (χ0) is 21.3. The summed E-state index contributed by atoms with van der Waals surface area (Å²) < 4.78 is 32.0. The normalized spacial score (nSPS) is 11.1. The molecule has 0 spiro atoms. The largest absolute Gasteiger partial charge is 0.494 e. The van der Waals surface area contributed by atoms with Crippen LogP contribution in [0.3, 0.4) is 0 Å². The van der Waals surface area contributed by atoms with Crippen LogP contribution in [0.2, 0.25) is 0 Å². The van der Waals surface area contributed by atoms with Crippen LogP contribution in [-0.2, 0) is 6.54 Å². The van der Waals surface area contributed by atoms with Gasteiger partial charge in [0.25, 0.3) is 5.91 Å². The number of rotatable bonds is 6. The highest BCUT2D eigenvalue weighted by atomic mass is 19.2. The Labute approximate surface area is 172 Å². The van der Waals surface area contributed by atoms with Crippen LogP contribution in [0.5, 0.6) is 5.75 Å². The first kappa shape index (κ1) is 20.9. The Morgan fingerprint density at radius 2 is 1.87 bits per heavy atom. The maximum Gasteiger partial charge on any atom is 0.258 e. The van der Waals surface area contributed by atoms with E-state index in [1.165, 1.54) is 6.07 Å². The summed E-state index contributed by atoms with van der Waals surface area (Å²) in [5.41, 5.74) is 1.32. The molecule has 1 aromatic heterocycles.